The molecule has 1 atom stereocenters. The fraction of sp³-hybridized carbons (Fsp3) is 0.600. The number of carboxylic acid groups (broad SMARTS) is 1. The molecule has 0 amide bonds. The van der Waals surface area contributed by atoms with E-state index in [9.17, 15) is 4.79 Å². The second-order valence-corrected chi connectivity index (χ2v) is 5.49. The van der Waals surface area contributed by atoms with E-state index in [1.54, 1.807) is 12.5 Å². The molecule has 1 unspecified atom stereocenters. The van der Waals surface area contributed by atoms with Gasteiger partial charge >= 0.3 is 5.97 Å². The Labute approximate surface area is 129 Å². The van der Waals surface area contributed by atoms with Crippen LogP contribution in [0.15, 0.2) is 30.4 Å². The number of nitrogens with zero attached hydrogens (tertiary/aromatic N) is 2. The molecule has 1 aliphatic rings. The molecule has 2 rings (SSSR count). The Balaban J connectivity index is 1.99. The molecule has 0 saturated heterocycles. The van der Waals surface area contributed by atoms with Gasteiger partial charge in [0.05, 0.1) is 12.9 Å². The lowest BCUT2D eigenvalue weighted by atomic mass is 9.83. The minimum atomic E-state index is -1.43. The fourth-order valence-electron chi connectivity index (χ4n) is 2.84. The van der Waals surface area contributed by atoms with Crippen LogP contribution in [0, 0.1) is 5.92 Å². The van der Waals surface area contributed by atoms with Gasteiger partial charge in [0.25, 0.3) is 6.29 Å². The van der Waals surface area contributed by atoms with E-state index in [4.69, 9.17) is 15.7 Å². The van der Waals surface area contributed by atoms with Gasteiger partial charge in [-0.1, -0.05) is 25.3 Å². The van der Waals surface area contributed by atoms with Crippen LogP contribution >= 0.6 is 0 Å². The second kappa shape index (κ2) is 8.67. The molecule has 1 aromatic heterocycles. The summed E-state index contributed by atoms with van der Waals surface area (Å²) in [6, 6.07) is 0. The zero-order valence-corrected chi connectivity index (χ0v) is 12.6. The highest BCUT2D eigenvalue weighted by Crippen LogP contribution is 2.30. The van der Waals surface area contributed by atoms with E-state index in [0.29, 0.717) is 5.92 Å². The first-order valence-corrected chi connectivity index (χ1v) is 7.55. The number of carboxylic acids is 1. The highest BCUT2D eigenvalue weighted by atomic mass is 16.8. The summed E-state index contributed by atoms with van der Waals surface area (Å²) < 4.78 is 7.15. The van der Waals surface area contributed by atoms with E-state index < -0.39 is 12.3 Å². The number of aromatic nitrogens is 2. The number of carbonyl (C=O) groups is 1. The van der Waals surface area contributed by atoms with E-state index in [1.807, 2.05) is 16.8 Å². The van der Waals surface area contributed by atoms with Crippen molar-refractivity contribution in [2.24, 2.45) is 11.8 Å². The molecule has 1 saturated carbocycles. The van der Waals surface area contributed by atoms with Crippen molar-refractivity contribution in [1.82, 2.24) is 9.55 Å². The van der Waals surface area contributed by atoms with Crippen LogP contribution in [-0.2, 0) is 20.9 Å². The van der Waals surface area contributed by atoms with Gasteiger partial charge in [0.1, 0.15) is 0 Å². The first kappa shape index (κ1) is 16.7. The van der Waals surface area contributed by atoms with Crippen molar-refractivity contribution >= 4 is 5.97 Å². The monoisotopic (exact) mass is 309 g/mol. The summed E-state index contributed by atoms with van der Waals surface area (Å²) in [5, 5.41) is 8.83. The van der Waals surface area contributed by atoms with Crippen LogP contribution < -0.4 is 5.90 Å². The van der Waals surface area contributed by atoms with Gasteiger partial charge in [-0.3, -0.25) is 4.84 Å². The Hall–Kier alpha value is -1.70. The Morgan fingerprint density at radius 1 is 1.45 bits per heavy atom. The minimum absolute atomic E-state index is 0.161. The zero-order valence-electron chi connectivity index (χ0n) is 12.6. The molecule has 1 aliphatic carbocycles. The number of allylic oxidation sites excluding steroid dienone is 1. The Bertz CT molecular complexity index is 481. The summed E-state index contributed by atoms with van der Waals surface area (Å²) in [5.41, 5.74) is 1.25. The maximum Gasteiger partial charge on any atom is 0.362 e. The molecule has 3 N–H and O–H groups in total. The number of hydrogen-bond acceptors (Lipinski definition) is 5. The molecule has 1 aromatic rings. The summed E-state index contributed by atoms with van der Waals surface area (Å²) in [6.45, 7) is 0.907. The van der Waals surface area contributed by atoms with E-state index in [2.05, 4.69) is 9.82 Å². The molecule has 0 aliphatic heterocycles. The van der Waals surface area contributed by atoms with Crippen molar-refractivity contribution in [2.45, 2.75) is 44.9 Å². The van der Waals surface area contributed by atoms with Crippen molar-refractivity contribution in [3.8, 4) is 0 Å². The van der Waals surface area contributed by atoms with Gasteiger partial charge in [-0.2, -0.15) is 0 Å². The van der Waals surface area contributed by atoms with Gasteiger partial charge in [-0.05, 0) is 24.3 Å². The van der Waals surface area contributed by atoms with Crippen molar-refractivity contribution in [1.29, 1.82) is 0 Å². The second-order valence-electron chi connectivity index (χ2n) is 5.49. The highest BCUT2D eigenvalue weighted by molar-refractivity contribution is 5.70. The van der Waals surface area contributed by atoms with Gasteiger partial charge in [0, 0.05) is 18.9 Å². The number of aliphatic carboxylic acids is 1. The van der Waals surface area contributed by atoms with E-state index in [0.717, 1.165) is 19.4 Å². The van der Waals surface area contributed by atoms with Crippen LogP contribution in [0.4, 0.5) is 0 Å². The molecule has 22 heavy (non-hydrogen) atoms. The standard InChI is InChI=1S/C15H23N3O4/c16-22-15(14(19)20)21-9-6-13(10-18-8-7-17-11-18)12-4-2-1-3-5-12/h6-8,11-12,15H,1-5,9-10,16H2,(H,19,20). The van der Waals surface area contributed by atoms with Gasteiger partial charge in [-0.15, -0.1) is 0 Å². The normalized spacial score (nSPS) is 18.3. The first-order chi connectivity index (χ1) is 10.7. The number of rotatable bonds is 8. The number of imidazole rings is 1. The third-order valence-corrected chi connectivity index (χ3v) is 3.97. The van der Waals surface area contributed by atoms with Crippen LogP contribution in [0.25, 0.3) is 0 Å². The lowest BCUT2D eigenvalue weighted by molar-refractivity contribution is -0.187. The molecule has 0 bridgehead atoms. The van der Waals surface area contributed by atoms with E-state index in [-0.39, 0.29) is 6.61 Å². The molecule has 7 nitrogen and oxygen atoms in total. The number of ether oxygens (including phenoxy) is 1. The van der Waals surface area contributed by atoms with Gasteiger partial charge in [0.15, 0.2) is 0 Å². The minimum Gasteiger partial charge on any atom is -0.477 e. The molecular formula is C15H23N3O4. The average molecular weight is 309 g/mol. The Morgan fingerprint density at radius 3 is 2.82 bits per heavy atom. The molecule has 0 aromatic carbocycles. The summed E-state index contributed by atoms with van der Waals surface area (Å²) in [7, 11) is 0. The smallest absolute Gasteiger partial charge is 0.362 e. The van der Waals surface area contributed by atoms with E-state index >= 15 is 0 Å². The van der Waals surface area contributed by atoms with Gasteiger partial charge in [0.2, 0.25) is 0 Å². The van der Waals surface area contributed by atoms with Gasteiger partial charge in [-0.25, -0.2) is 15.7 Å². The van der Waals surface area contributed by atoms with Crippen molar-refractivity contribution < 1.29 is 19.5 Å². The van der Waals surface area contributed by atoms with Crippen LogP contribution in [0.1, 0.15) is 32.1 Å². The molecule has 0 spiro atoms. The maximum absolute atomic E-state index is 10.8. The molecular weight excluding hydrogens is 286 g/mol. The van der Waals surface area contributed by atoms with Crippen LogP contribution in [-0.4, -0.2) is 33.5 Å². The third-order valence-electron chi connectivity index (χ3n) is 3.97. The SMILES string of the molecule is NOC(OCC=C(Cn1ccnc1)C1CCCCC1)C(=O)O. The van der Waals surface area contributed by atoms with Gasteiger partial charge < -0.3 is 14.4 Å². The largest absolute Gasteiger partial charge is 0.477 e. The van der Waals surface area contributed by atoms with E-state index in [1.165, 1.54) is 24.8 Å². The van der Waals surface area contributed by atoms with Crippen LogP contribution in [0.2, 0.25) is 0 Å². The van der Waals surface area contributed by atoms with Crippen molar-refractivity contribution in [3.63, 3.8) is 0 Å². The maximum atomic E-state index is 10.8. The fourth-order valence-corrected chi connectivity index (χ4v) is 2.84. The molecule has 1 fully saturated rings. The van der Waals surface area contributed by atoms with Crippen molar-refractivity contribution in [3.05, 3.63) is 30.4 Å². The summed E-state index contributed by atoms with van der Waals surface area (Å²) in [4.78, 5) is 19.1. The molecule has 122 valence electrons. The van der Waals surface area contributed by atoms with Crippen molar-refractivity contribution in [2.75, 3.05) is 6.61 Å². The summed E-state index contributed by atoms with van der Waals surface area (Å²) in [5.74, 6) is 4.19. The molecule has 1 heterocycles. The summed E-state index contributed by atoms with van der Waals surface area (Å²) in [6.07, 6.45) is 12.0. The van der Waals surface area contributed by atoms with Crippen LogP contribution in [0.5, 0.6) is 0 Å². The lowest BCUT2D eigenvalue weighted by Crippen LogP contribution is -2.30. The predicted octanol–water partition coefficient (Wildman–Crippen LogP) is 1.71. The topological polar surface area (TPSA) is 99.6 Å². The zero-order chi connectivity index (χ0) is 15.8. The highest BCUT2D eigenvalue weighted by Gasteiger charge is 2.20. The molecule has 0 radical (unpaired) electrons. The molecule has 7 heteroatoms. The Kier molecular flexibility index (Phi) is 6.57. The third kappa shape index (κ3) is 4.94. The van der Waals surface area contributed by atoms with Crippen LogP contribution in [0.3, 0.4) is 0 Å². The Morgan fingerprint density at radius 2 is 2.23 bits per heavy atom. The number of hydrogen-bond donors (Lipinski definition) is 2. The average Bonchev–Trinajstić information content (AvgIpc) is 3.04. The quantitative estimate of drug-likeness (QED) is 0.431. The first-order valence-electron chi connectivity index (χ1n) is 7.55. The predicted molar refractivity (Wildman–Crippen MR) is 79.5 cm³/mol. The number of nitrogens with two attached hydrogens (primary N) is 1. The summed E-state index contributed by atoms with van der Waals surface area (Å²) >= 11 is 0. The lowest BCUT2D eigenvalue weighted by Gasteiger charge is -2.25.